The highest BCUT2D eigenvalue weighted by Gasteiger charge is 2.37. The normalized spacial score (nSPS) is 18.1. The fourth-order valence-electron chi connectivity index (χ4n) is 2.88. The smallest absolute Gasteiger partial charge is 0.123 e. The molecule has 1 heterocycles. The van der Waals surface area contributed by atoms with Crippen LogP contribution in [0, 0.1) is 11.2 Å². The predicted octanol–water partition coefficient (Wildman–Crippen LogP) is 1.92. The first-order valence-electron chi connectivity index (χ1n) is 7.00. The number of aromatic hydroxyl groups is 1. The molecule has 1 fully saturated rings. The predicted molar refractivity (Wildman–Crippen MR) is 83.4 cm³/mol. The lowest BCUT2D eigenvalue weighted by atomic mass is 9.79. The summed E-state index contributed by atoms with van der Waals surface area (Å²) in [5.41, 5.74) is 0.0775. The monoisotopic (exact) mass is 318 g/mol. The van der Waals surface area contributed by atoms with Crippen LogP contribution in [0.5, 0.6) is 5.75 Å². The topological polar surface area (TPSA) is 55.7 Å². The van der Waals surface area contributed by atoms with Gasteiger partial charge in [-0.1, -0.05) is 13.8 Å². The molecule has 0 amide bonds. The van der Waals surface area contributed by atoms with Gasteiger partial charge in [0.15, 0.2) is 0 Å². The van der Waals surface area contributed by atoms with Crippen molar-refractivity contribution in [3.63, 3.8) is 0 Å². The highest BCUT2D eigenvalue weighted by Crippen LogP contribution is 2.41. The second-order valence-corrected chi connectivity index (χ2v) is 6.04. The van der Waals surface area contributed by atoms with Gasteiger partial charge in [0, 0.05) is 49.8 Å². The Kier molecular flexibility index (Phi) is 6.41. The van der Waals surface area contributed by atoms with Gasteiger partial charge in [-0.25, -0.2) is 4.39 Å². The molecule has 120 valence electrons. The van der Waals surface area contributed by atoms with Gasteiger partial charge in [-0.3, -0.25) is 4.90 Å². The number of hydrogen-bond donors (Lipinski definition) is 3. The van der Waals surface area contributed by atoms with Crippen molar-refractivity contribution in [1.82, 2.24) is 10.2 Å². The summed E-state index contributed by atoms with van der Waals surface area (Å²) in [7, 11) is 0. The summed E-state index contributed by atoms with van der Waals surface area (Å²) < 4.78 is 13.6. The Balaban J connectivity index is 0.00000220. The number of rotatable bonds is 4. The number of phenolic OH excluding ortho intramolecular Hbond substituents is 1. The van der Waals surface area contributed by atoms with Gasteiger partial charge in [-0.2, -0.15) is 0 Å². The van der Waals surface area contributed by atoms with Crippen molar-refractivity contribution in [1.29, 1.82) is 0 Å². The average molecular weight is 319 g/mol. The Hall–Kier alpha value is -0.880. The van der Waals surface area contributed by atoms with Crippen molar-refractivity contribution < 1.29 is 14.6 Å². The van der Waals surface area contributed by atoms with Gasteiger partial charge in [0.2, 0.25) is 0 Å². The summed E-state index contributed by atoms with van der Waals surface area (Å²) in [6, 6.07) is 3.79. The van der Waals surface area contributed by atoms with Crippen molar-refractivity contribution in [3.8, 4) is 5.75 Å². The molecule has 1 aliphatic rings. The van der Waals surface area contributed by atoms with Crippen molar-refractivity contribution in [3.05, 3.63) is 29.6 Å². The maximum Gasteiger partial charge on any atom is 0.123 e. The molecule has 0 radical (unpaired) electrons. The Labute approximate surface area is 131 Å². The molecule has 1 aromatic rings. The van der Waals surface area contributed by atoms with Gasteiger partial charge in [0.1, 0.15) is 11.6 Å². The number of piperazine rings is 1. The van der Waals surface area contributed by atoms with Crippen LogP contribution in [0.25, 0.3) is 0 Å². The van der Waals surface area contributed by atoms with E-state index in [4.69, 9.17) is 0 Å². The van der Waals surface area contributed by atoms with E-state index in [9.17, 15) is 14.6 Å². The molecule has 3 N–H and O–H groups in total. The number of nitrogens with one attached hydrogen (secondary N) is 1. The van der Waals surface area contributed by atoms with Gasteiger partial charge in [-0.15, -0.1) is 12.4 Å². The first kappa shape index (κ1) is 18.2. The molecule has 21 heavy (non-hydrogen) atoms. The molecule has 1 saturated heterocycles. The Morgan fingerprint density at radius 3 is 2.52 bits per heavy atom. The number of nitrogens with zero attached hydrogens (tertiary/aromatic N) is 1. The van der Waals surface area contributed by atoms with E-state index in [1.165, 1.54) is 18.2 Å². The summed E-state index contributed by atoms with van der Waals surface area (Å²) >= 11 is 0. The van der Waals surface area contributed by atoms with Crippen molar-refractivity contribution in [2.45, 2.75) is 19.9 Å². The Bertz CT molecular complexity index is 465. The van der Waals surface area contributed by atoms with E-state index < -0.39 is 5.41 Å². The summed E-state index contributed by atoms with van der Waals surface area (Å²) in [6.45, 7) is 7.17. The number of hydrogen-bond acceptors (Lipinski definition) is 4. The van der Waals surface area contributed by atoms with E-state index in [1.807, 2.05) is 13.8 Å². The van der Waals surface area contributed by atoms with Gasteiger partial charge in [-0.05, 0) is 18.2 Å². The number of benzene rings is 1. The lowest BCUT2D eigenvalue weighted by Gasteiger charge is -2.43. The van der Waals surface area contributed by atoms with Crippen molar-refractivity contribution in [2.75, 3.05) is 32.8 Å². The van der Waals surface area contributed by atoms with Gasteiger partial charge >= 0.3 is 0 Å². The van der Waals surface area contributed by atoms with Crippen LogP contribution in [0.4, 0.5) is 4.39 Å². The van der Waals surface area contributed by atoms with Crippen LogP contribution in [-0.4, -0.2) is 47.9 Å². The van der Waals surface area contributed by atoms with Crippen molar-refractivity contribution >= 4 is 12.4 Å². The quantitative estimate of drug-likeness (QED) is 0.794. The fraction of sp³-hybridized carbons (Fsp3) is 0.600. The fourth-order valence-corrected chi connectivity index (χ4v) is 2.88. The first-order chi connectivity index (χ1) is 9.45. The molecule has 1 aliphatic heterocycles. The van der Waals surface area contributed by atoms with E-state index >= 15 is 0 Å². The van der Waals surface area contributed by atoms with Gasteiger partial charge < -0.3 is 15.5 Å². The zero-order chi connectivity index (χ0) is 14.8. The van der Waals surface area contributed by atoms with Gasteiger partial charge in [0.05, 0.1) is 0 Å². The van der Waals surface area contributed by atoms with E-state index in [1.54, 1.807) is 0 Å². The Morgan fingerprint density at radius 1 is 1.33 bits per heavy atom. The van der Waals surface area contributed by atoms with E-state index in [2.05, 4.69) is 10.2 Å². The minimum Gasteiger partial charge on any atom is -0.508 e. The average Bonchev–Trinajstić information content (AvgIpc) is 2.44. The summed E-state index contributed by atoms with van der Waals surface area (Å²) in [6.07, 6.45) is 0. The minimum absolute atomic E-state index is 0. The number of aliphatic hydroxyl groups excluding tert-OH is 1. The Morgan fingerprint density at radius 2 is 1.95 bits per heavy atom. The highest BCUT2D eigenvalue weighted by molar-refractivity contribution is 5.85. The molecular formula is C15H24ClFN2O2. The zero-order valence-electron chi connectivity index (χ0n) is 12.5. The number of halogens is 2. The highest BCUT2D eigenvalue weighted by atomic mass is 35.5. The largest absolute Gasteiger partial charge is 0.508 e. The van der Waals surface area contributed by atoms with Crippen LogP contribution < -0.4 is 5.32 Å². The van der Waals surface area contributed by atoms with Crippen LogP contribution in [0.15, 0.2) is 18.2 Å². The molecule has 0 saturated carbocycles. The SMILES string of the molecule is CC(C)(CO)[C@H](c1cc(F)ccc1O)N1CCNCC1.Cl. The third kappa shape index (κ3) is 4.07. The standard InChI is InChI=1S/C15H23FN2O2.ClH/c1-15(2,10-19)14(18-7-5-17-6-8-18)12-9-11(16)3-4-13(12)20;/h3-4,9,14,17,19-20H,5-8,10H2,1-2H3;1H/t14-;/m0./s1. The van der Waals surface area contributed by atoms with Gasteiger partial charge in [0.25, 0.3) is 0 Å². The van der Waals surface area contributed by atoms with Crippen LogP contribution in [-0.2, 0) is 0 Å². The molecule has 0 aliphatic carbocycles. The summed E-state index contributed by atoms with van der Waals surface area (Å²) in [4.78, 5) is 2.20. The van der Waals surface area contributed by atoms with Crippen molar-refractivity contribution in [2.24, 2.45) is 5.41 Å². The van der Waals surface area contributed by atoms with Crippen LogP contribution in [0.2, 0.25) is 0 Å². The maximum atomic E-state index is 13.6. The second kappa shape index (κ2) is 7.40. The lowest BCUT2D eigenvalue weighted by molar-refractivity contribution is 0.0291. The zero-order valence-corrected chi connectivity index (χ0v) is 13.3. The molecule has 0 bridgehead atoms. The first-order valence-corrected chi connectivity index (χ1v) is 7.00. The van der Waals surface area contributed by atoms with E-state index in [0.29, 0.717) is 5.56 Å². The summed E-state index contributed by atoms with van der Waals surface area (Å²) in [5.74, 6) is -0.289. The van der Waals surface area contributed by atoms with Crippen LogP contribution in [0.3, 0.4) is 0 Å². The lowest BCUT2D eigenvalue weighted by Crippen LogP contribution is -2.49. The molecule has 4 nitrogen and oxygen atoms in total. The molecule has 0 spiro atoms. The molecule has 6 heteroatoms. The third-order valence-corrected chi connectivity index (χ3v) is 3.95. The summed E-state index contributed by atoms with van der Waals surface area (Å²) in [5, 5.41) is 23.1. The number of aliphatic hydroxyl groups is 1. The number of phenols is 1. The van der Waals surface area contributed by atoms with Crippen LogP contribution >= 0.6 is 12.4 Å². The van der Waals surface area contributed by atoms with Crippen LogP contribution in [0.1, 0.15) is 25.5 Å². The molecule has 0 unspecified atom stereocenters. The minimum atomic E-state index is -0.470. The molecule has 2 rings (SSSR count). The maximum absolute atomic E-state index is 13.6. The second-order valence-electron chi connectivity index (χ2n) is 6.04. The molecular weight excluding hydrogens is 295 g/mol. The van der Waals surface area contributed by atoms with E-state index in [0.717, 1.165) is 26.2 Å². The molecule has 1 aromatic carbocycles. The van der Waals surface area contributed by atoms with E-state index in [-0.39, 0.29) is 36.6 Å². The molecule has 1 atom stereocenters. The molecule has 0 aromatic heterocycles. The third-order valence-electron chi connectivity index (χ3n) is 3.95.